The Hall–Kier alpha value is -5.46. The summed E-state index contributed by atoms with van der Waals surface area (Å²) in [6.45, 7) is 0.163. The summed E-state index contributed by atoms with van der Waals surface area (Å²) in [5.41, 5.74) is 1.83. The summed E-state index contributed by atoms with van der Waals surface area (Å²) in [5.74, 6) is 0.797. The number of hydrogen-bond donors (Lipinski definition) is 2. The van der Waals surface area contributed by atoms with Crippen LogP contribution in [0, 0.1) is 0 Å². The van der Waals surface area contributed by atoms with E-state index >= 15 is 0 Å². The van der Waals surface area contributed by atoms with Crippen molar-refractivity contribution in [2.24, 2.45) is 0 Å². The summed E-state index contributed by atoms with van der Waals surface area (Å²) in [4.78, 5) is 55.1. The van der Waals surface area contributed by atoms with Crippen molar-refractivity contribution in [3.63, 3.8) is 0 Å². The third kappa shape index (κ3) is 6.14. The minimum absolute atomic E-state index is 0.0649. The Kier molecular flexibility index (Phi) is 8.07. The minimum atomic E-state index is -0.629. The number of carbonyl (C=O) groups excluding carboxylic acids is 4. The van der Waals surface area contributed by atoms with Crippen molar-refractivity contribution in [1.82, 2.24) is 15.5 Å². The third-order valence-corrected chi connectivity index (χ3v) is 7.93. The zero-order chi connectivity index (χ0) is 31.7. The molecule has 45 heavy (non-hydrogen) atoms. The molecule has 0 saturated carbocycles. The second kappa shape index (κ2) is 12.3. The maximum Gasteiger partial charge on any atom is 0.264 e. The molecule has 4 bridgehead atoms. The average Bonchev–Trinajstić information content (AvgIpc) is 3.45. The molecular weight excluding hydrogens is 584 g/mol. The summed E-state index contributed by atoms with van der Waals surface area (Å²) >= 11 is 0. The van der Waals surface area contributed by atoms with E-state index in [0.29, 0.717) is 34.2 Å². The first-order valence-corrected chi connectivity index (χ1v) is 14.3. The van der Waals surface area contributed by atoms with E-state index in [1.807, 2.05) is 0 Å². The van der Waals surface area contributed by atoms with Crippen LogP contribution in [0.2, 0.25) is 0 Å². The lowest BCUT2D eigenvalue weighted by Crippen LogP contribution is -2.45. The van der Waals surface area contributed by atoms with Crippen LogP contribution in [0.15, 0.2) is 54.6 Å². The van der Waals surface area contributed by atoms with Gasteiger partial charge in [-0.15, -0.1) is 0 Å². The zero-order valence-corrected chi connectivity index (χ0v) is 25.0. The standard InChI is InChI=1S/C32H32N4O9/c1-35-25-10-18(5-7-26(25)44-17-30(35)38)32(40)36-14-24-28(15-36)45-21-6-4-19(27(12-21)42-3)13-33-29(37)16-43-23-9-20(31(39)34-24)8-22(11-23)41-2/h4-12,24,28H,13-17H2,1-3H3,(H,33,37)(H,34,39)/t24-,28-/m0/s1. The van der Waals surface area contributed by atoms with E-state index < -0.39 is 18.1 Å². The van der Waals surface area contributed by atoms with Crippen LogP contribution >= 0.6 is 0 Å². The molecule has 0 aliphatic carbocycles. The maximum atomic E-state index is 13.8. The highest BCUT2D eigenvalue weighted by atomic mass is 16.5. The monoisotopic (exact) mass is 616 g/mol. The first-order valence-electron chi connectivity index (χ1n) is 14.3. The van der Waals surface area contributed by atoms with Gasteiger partial charge in [-0.05, 0) is 42.5 Å². The quantitative estimate of drug-likeness (QED) is 0.450. The van der Waals surface area contributed by atoms with Gasteiger partial charge in [-0.1, -0.05) is 0 Å². The fourth-order valence-electron chi connectivity index (χ4n) is 5.45. The van der Waals surface area contributed by atoms with E-state index in [-0.39, 0.29) is 61.9 Å². The van der Waals surface area contributed by atoms with E-state index in [0.717, 1.165) is 5.56 Å². The molecule has 4 aliphatic rings. The number of benzene rings is 3. The second-order valence-corrected chi connectivity index (χ2v) is 10.8. The number of nitrogens with zero attached hydrogens (tertiary/aromatic N) is 2. The summed E-state index contributed by atoms with van der Waals surface area (Å²) in [5, 5.41) is 5.81. The van der Waals surface area contributed by atoms with Crippen molar-refractivity contribution in [2.45, 2.75) is 18.7 Å². The number of rotatable bonds is 3. The summed E-state index contributed by atoms with van der Waals surface area (Å²) in [6.07, 6.45) is -0.629. The molecule has 234 valence electrons. The lowest BCUT2D eigenvalue weighted by Gasteiger charge is -2.26. The van der Waals surface area contributed by atoms with Crippen LogP contribution in [0.25, 0.3) is 0 Å². The van der Waals surface area contributed by atoms with Crippen molar-refractivity contribution in [3.05, 3.63) is 71.3 Å². The highest BCUT2D eigenvalue weighted by molar-refractivity contribution is 6.01. The van der Waals surface area contributed by atoms with Gasteiger partial charge in [0.1, 0.15) is 34.9 Å². The van der Waals surface area contributed by atoms with E-state index in [1.54, 1.807) is 60.5 Å². The Morgan fingerprint density at radius 1 is 0.911 bits per heavy atom. The SMILES string of the molecule is COc1cc2cc(c1)C(=O)N[C@H]1CN(C(=O)c3ccc4c(c3)N(C)C(=O)CO4)C[C@@H]1Oc1ccc(c(OC)c1)CNC(=O)CO2. The van der Waals surface area contributed by atoms with Gasteiger partial charge in [0.25, 0.3) is 23.6 Å². The minimum Gasteiger partial charge on any atom is -0.497 e. The van der Waals surface area contributed by atoms with Crippen LogP contribution in [0.5, 0.6) is 28.7 Å². The molecule has 4 aliphatic heterocycles. The van der Waals surface area contributed by atoms with Crippen LogP contribution in [-0.2, 0) is 16.1 Å². The van der Waals surface area contributed by atoms with Crippen LogP contribution in [0.4, 0.5) is 5.69 Å². The number of fused-ring (bicyclic) bond motifs is 8. The van der Waals surface area contributed by atoms with Gasteiger partial charge < -0.3 is 44.1 Å². The van der Waals surface area contributed by atoms with Gasteiger partial charge in [-0.2, -0.15) is 0 Å². The van der Waals surface area contributed by atoms with Crippen LogP contribution in [-0.4, -0.2) is 88.2 Å². The molecule has 3 aromatic carbocycles. The Morgan fingerprint density at radius 2 is 1.76 bits per heavy atom. The summed E-state index contributed by atoms with van der Waals surface area (Å²) in [7, 11) is 4.61. The van der Waals surface area contributed by atoms with Gasteiger partial charge in [0.15, 0.2) is 13.2 Å². The molecule has 1 fully saturated rings. The van der Waals surface area contributed by atoms with Crippen molar-refractivity contribution in [3.8, 4) is 28.7 Å². The van der Waals surface area contributed by atoms with E-state index in [1.165, 1.54) is 25.2 Å². The number of ether oxygens (including phenoxy) is 5. The number of likely N-dealkylation sites (tertiary alicyclic amines) is 1. The van der Waals surface area contributed by atoms with Gasteiger partial charge in [0, 0.05) is 49.0 Å². The average molecular weight is 617 g/mol. The molecule has 1 saturated heterocycles. The second-order valence-electron chi connectivity index (χ2n) is 10.8. The molecule has 0 unspecified atom stereocenters. The molecule has 7 rings (SSSR count). The van der Waals surface area contributed by atoms with Gasteiger partial charge >= 0.3 is 0 Å². The number of amides is 4. The summed E-state index contributed by atoms with van der Waals surface area (Å²) < 4.78 is 28.5. The predicted molar refractivity (Wildman–Crippen MR) is 160 cm³/mol. The van der Waals surface area contributed by atoms with Crippen molar-refractivity contribution < 1.29 is 42.9 Å². The molecule has 2 N–H and O–H groups in total. The van der Waals surface area contributed by atoms with Crippen LogP contribution in [0.3, 0.4) is 0 Å². The Bertz CT molecular complexity index is 1680. The number of anilines is 1. The molecule has 13 heteroatoms. The van der Waals surface area contributed by atoms with Gasteiger partial charge in [0.05, 0.1) is 32.5 Å². The molecule has 4 amide bonds. The van der Waals surface area contributed by atoms with Crippen LogP contribution in [0.1, 0.15) is 26.3 Å². The summed E-state index contributed by atoms with van der Waals surface area (Å²) in [6, 6.07) is 14.2. The predicted octanol–water partition coefficient (Wildman–Crippen LogP) is 1.77. The molecule has 3 aromatic rings. The van der Waals surface area contributed by atoms with Gasteiger partial charge in [-0.25, -0.2) is 0 Å². The zero-order valence-electron chi connectivity index (χ0n) is 25.0. The Balaban J connectivity index is 1.32. The van der Waals surface area contributed by atoms with Crippen molar-refractivity contribution in [2.75, 3.05) is 52.5 Å². The maximum absolute atomic E-state index is 13.8. The fourth-order valence-corrected chi connectivity index (χ4v) is 5.45. The smallest absolute Gasteiger partial charge is 0.264 e. The van der Waals surface area contributed by atoms with Crippen LogP contribution < -0.4 is 39.2 Å². The van der Waals surface area contributed by atoms with Crippen molar-refractivity contribution in [1.29, 1.82) is 0 Å². The molecule has 0 radical (unpaired) electrons. The van der Waals surface area contributed by atoms with E-state index in [2.05, 4.69) is 10.6 Å². The number of carbonyl (C=O) groups is 4. The number of methoxy groups -OCH3 is 2. The lowest BCUT2D eigenvalue weighted by atomic mass is 10.1. The van der Waals surface area contributed by atoms with Gasteiger partial charge in [0.2, 0.25) is 0 Å². The number of hydrogen-bond acceptors (Lipinski definition) is 9. The largest absolute Gasteiger partial charge is 0.497 e. The third-order valence-electron chi connectivity index (χ3n) is 7.93. The van der Waals surface area contributed by atoms with E-state index in [9.17, 15) is 19.2 Å². The number of likely N-dealkylation sites (N-methyl/N-ethyl adjacent to an activating group) is 1. The van der Waals surface area contributed by atoms with Gasteiger partial charge in [-0.3, -0.25) is 19.2 Å². The Morgan fingerprint density at radius 3 is 2.56 bits per heavy atom. The normalized spacial score (nSPS) is 19.6. The molecule has 13 nitrogen and oxygen atoms in total. The Labute approximate surface area is 258 Å². The molecule has 2 atom stereocenters. The van der Waals surface area contributed by atoms with E-state index in [4.69, 9.17) is 23.7 Å². The lowest BCUT2D eigenvalue weighted by molar-refractivity contribution is -0.123. The molecule has 4 heterocycles. The number of nitrogens with one attached hydrogen (secondary N) is 2. The highest BCUT2D eigenvalue weighted by Crippen LogP contribution is 2.33. The highest BCUT2D eigenvalue weighted by Gasteiger charge is 2.39. The topological polar surface area (TPSA) is 145 Å². The first-order chi connectivity index (χ1) is 21.7. The van der Waals surface area contributed by atoms with Crippen molar-refractivity contribution >= 4 is 29.3 Å². The fraction of sp³-hybridized carbons (Fsp3) is 0.312. The first kappa shape index (κ1) is 29.6. The molecular formula is C32H32N4O9. The molecule has 0 aromatic heterocycles. The molecule has 0 spiro atoms.